The van der Waals surface area contributed by atoms with Gasteiger partial charge in [0.15, 0.2) is 5.13 Å². The first-order chi connectivity index (χ1) is 11.5. The number of aromatic nitrogens is 1. The van der Waals surface area contributed by atoms with Gasteiger partial charge in [0, 0.05) is 12.2 Å². The number of rotatable bonds is 3. The van der Waals surface area contributed by atoms with Gasteiger partial charge in [-0.3, -0.25) is 9.59 Å². The zero-order valence-corrected chi connectivity index (χ0v) is 15.0. The summed E-state index contributed by atoms with van der Waals surface area (Å²) in [5.41, 5.74) is 0.819. The van der Waals surface area contributed by atoms with Crippen molar-refractivity contribution in [2.45, 2.75) is 30.7 Å². The molecule has 0 aliphatic carbocycles. The van der Waals surface area contributed by atoms with E-state index >= 15 is 0 Å². The molecular formula is C16H17N3O3S2. The molecule has 1 aromatic carbocycles. The van der Waals surface area contributed by atoms with Crippen molar-refractivity contribution in [3.63, 3.8) is 0 Å². The van der Waals surface area contributed by atoms with Crippen LogP contribution in [-0.2, 0) is 9.59 Å². The van der Waals surface area contributed by atoms with Gasteiger partial charge in [-0.25, -0.2) is 4.98 Å². The number of hydrogen-bond acceptors (Lipinski definition) is 6. The Balaban J connectivity index is 1.55. The van der Waals surface area contributed by atoms with E-state index in [0.717, 1.165) is 22.4 Å². The van der Waals surface area contributed by atoms with Gasteiger partial charge < -0.3 is 15.0 Å². The van der Waals surface area contributed by atoms with E-state index in [-0.39, 0.29) is 16.7 Å². The molecule has 0 bridgehead atoms. The molecule has 2 fully saturated rings. The molecule has 0 spiro atoms. The largest absolute Gasteiger partial charge is 0.497 e. The number of ether oxygens (including phenoxy) is 1. The summed E-state index contributed by atoms with van der Waals surface area (Å²) >= 11 is 3.09. The molecule has 2 aliphatic rings. The number of nitrogens with zero attached hydrogens (tertiary/aromatic N) is 2. The van der Waals surface area contributed by atoms with Crippen LogP contribution in [0.3, 0.4) is 0 Å². The number of methoxy groups -OCH3 is 1. The second kappa shape index (κ2) is 5.63. The van der Waals surface area contributed by atoms with Gasteiger partial charge in [0.2, 0.25) is 11.8 Å². The molecule has 1 N–H and O–H groups in total. The number of carbonyl (C=O) groups is 2. The highest BCUT2D eigenvalue weighted by atomic mass is 32.2. The van der Waals surface area contributed by atoms with Gasteiger partial charge in [-0.2, -0.15) is 0 Å². The molecule has 0 unspecified atom stereocenters. The Labute approximate surface area is 147 Å². The van der Waals surface area contributed by atoms with Crippen molar-refractivity contribution in [2.75, 3.05) is 18.2 Å². The predicted molar refractivity (Wildman–Crippen MR) is 95.5 cm³/mol. The van der Waals surface area contributed by atoms with E-state index in [9.17, 15) is 9.59 Å². The number of hydrogen-bond donors (Lipinski definition) is 1. The van der Waals surface area contributed by atoms with E-state index < -0.39 is 6.04 Å². The number of amides is 2. The monoisotopic (exact) mass is 363 g/mol. The molecule has 2 amide bonds. The first kappa shape index (κ1) is 15.7. The Morgan fingerprint density at radius 3 is 3.12 bits per heavy atom. The highest BCUT2D eigenvalue weighted by Gasteiger charge is 2.52. The van der Waals surface area contributed by atoms with Crippen molar-refractivity contribution in [2.24, 2.45) is 0 Å². The van der Waals surface area contributed by atoms with Gasteiger partial charge in [0.1, 0.15) is 11.8 Å². The fourth-order valence-corrected chi connectivity index (χ4v) is 5.62. The fraction of sp³-hybridized carbons (Fsp3) is 0.438. The quantitative estimate of drug-likeness (QED) is 0.908. The number of benzene rings is 1. The van der Waals surface area contributed by atoms with Gasteiger partial charge in [-0.1, -0.05) is 11.3 Å². The minimum Gasteiger partial charge on any atom is -0.497 e. The molecule has 8 heteroatoms. The fourth-order valence-electron chi connectivity index (χ4n) is 3.29. The lowest BCUT2D eigenvalue weighted by atomic mass is 10.2. The van der Waals surface area contributed by atoms with E-state index in [1.165, 1.54) is 11.3 Å². The third kappa shape index (κ3) is 2.44. The number of fused-ring (bicyclic) bond motifs is 2. The Bertz CT molecular complexity index is 837. The maximum atomic E-state index is 12.7. The first-order valence-electron chi connectivity index (χ1n) is 7.72. The van der Waals surface area contributed by atoms with Gasteiger partial charge in [-0.15, -0.1) is 11.8 Å². The van der Waals surface area contributed by atoms with Crippen LogP contribution in [-0.4, -0.2) is 45.5 Å². The summed E-state index contributed by atoms with van der Waals surface area (Å²) in [6.07, 6.45) is 1.33. The Hall–Kier alpha value is -1.80. The second-order valence-corrected chi connectivity index (χ2v) is 8.64. The van der Waals surface area contributed by atoms with Gasteiger partial charge >= 0.3 is 0 Å². The third-order valence-corrected chi connectivity index (χ3v) is 7.01. The van der Waals surface area contributed by atoms with Crippen molar-refractivity contribution in [3.8, 4) is 5.75 Å². The predicted octanol–water partition coefficient (Wildman–Crippen LogP) is 2.70. The van der Waals surface area contributed by atoms with E-state index in [1.807, 2.05) is 25.1 Å². The zero-order valence-electron chi connectivity index (χ0n) is 13.4. The van der Waals surface area contributed by atoms with Crippen LogP contribution >= 0.6 is 23.1 Å². The van der Waals surface area contributed by atoms with Crippen LogP contribution in [0.5, 0.6) is 5.75 Å². The zero-order chi connectivity index (χ0) is 16.9. The number of thioether (sulfide) groups is 1. The summed E-state index contributed by atoms with van der Waals surface area (Å²) in [7, 11) is 1.62. The van der Waals surface area contributed by atoms with E-state index in [0.29, 0.717) is 17.3 Å². The van der Waals surface area contributed by atoms with Crippen LogP contribution in [0.2, 0.25) is 0 Å². The number of carbonyl (C=O) groups excluding carboxylic acids is 2. The van der Waals surface area contributed by atoms with Gasteiger partial charge in [0.05, 0.1) is 22.2 Å². The van der Waals surface area contributed by atoms with Crippen LogP contribution < -0.4 is 10.1 Å². The van der Waals surface area contributed by atoms with Crippen molar-refractivity contribution in [3.05, 3.63) is 18.2 Å². The van der Waals surface area contributed by atoms with Crippen molar-refractivity contribution in [1.82, 2.24) is 9.88 Å². The maximum absolute atomic E-state index is 12.7. The Kier molecular flexibility index (Phi) is 3.69. The SMILES string of the molecule is COc1ccc2nc(NC(=O)[C@H]3CS[C@@]4(C)CCC(=O)N34)sc2c1. The highest BCUT2D eigenvalue weighted by Crippen LogP contribution is 2.47. The Morgan fingerprint density at radius 2 is 2.33 bits per heavy atom. The molecule has 3 heterocycles. The Morgan fingerprint density at radius 1 is 1.50 bits per heavy atom. The normalized spacial score (nSPS) is 26.0. The number of nitrogens with one attached hydrogen (secondary N) is 1. The van der Waals surface area contributed by atoms with Gasteiger partial charge in [0.25, 0.3) is 0 Å². The summed E-state index contributed by atoms with van der Waals surface area (Å²) in [5, 5.41) is 3.43. The lowest BCUT2D eigenvalue weighted by Crippen LogP contribution is -2.48. The molecule has 2 aromatic rings. The van der Waals surface area contributed by atoms with Crippen molar-refractivity contribution < 1.29 is 14.3 Å². The lowest BCUT2D eigenvalue weighted by Gasteiger charge is -2.29. The summed E-state index contributed by atoms with van der Waals surface area (Å²) in [6.45, 7) is 2.04. The summed E-state index contributed by atoms with van der Waals surface area (Å²) in [4.78, 5) is 30.8. The molecule has 6 nitrogen and oxygen atoms in total. The average Bonchev–Trinajstić information content (AvgIpc) is 3.19. The molecule has 1 aromatic heterocycles. The molecule has 24 heavy (non-hydrogen) atoms. The minimum atomic E-state index is -0.420. The molecule has 0 saturated carbocycles. The smallest absolute Gasteiger partial charge is 0.249 e. The molecule has 126 valence electrons. The van der Waals surface area contributed by atoms with Crippen molar-refractivity contribution >= 4 is 50.3 Å². The average molecular weight is 363 g/mol. The van der Waals surface area contributed by atoms with Gasteiger partial charge in [-0.05, 0) is 31.5 Å². The van der Waals surface area contributed by atoms with Crippen LogP contribution in [0.15, 0.2) is 18.2 Å². The molecule has 2 atom stereocenters. The van der Waals surface area contributed by atoms with Crippen LogP contribution in [0, 0.1) is 0 Å². The standard InChI is InChI=1S/C16H17N3O3S2/c1-16-6-5-13(20)19(16)11(8-23-16)14(21)18-15-17-10-4-3-9(22-2)7-12(10)24-15/h3-4,7,11H,5-6,8H2,1-2H3,(H,17,18,21)/t11-,16+/m1/s1. The second-order valence-electron chi connectivity index (χ2n) is 6.11. The molecule has 2 aliphatic heterocycles. The van der Waals surface area contributed by atoms with Crippen LogP contribution in [0.25, 0.3) is 10.2 Å². The first-order valence-corrected chi connectivity index (χ1v) is 9.52. The van der Waals surface area contributed by atoms with Crippen LogP contribution in [0.4, 0.5) is 5.13 Å². The highest BCUT2D eigenvalue weighted by molar-refractivity contribution is 8.01. The van der Waals surface area contributed by atoms with E-state index in [1.54, 1.807) is 23.8 Å². The summed E-state index contributed by atoms with van der Waals surface area (Å²) in [6, 6.07) is 5.19. The topological polar surface area (TPSA) is 71.5 Å². The minimum absolute atomic E-state index is 0.0664. The maximum Gasteiger partial charge on any atom is 0.249 e. The molecular weight excluding hydrogens is 346 g/mol. The van der Waals surface area contributed by atoms with Crippen LogP contribution in [0.1, 0.15) is 19.8 Å². The summed E-state index contributed by atoms with van der Waals surface area (Å²) in [5.74, 6) is 1.30. The third-order valence-electron chi connectivity index (χ3n) is 4.57. The van der Waals surface area contributed by atoms with E-state index in [4.69, 9.17) is 4.74 Å². The molecule has 4 rings (SSSR count). The van der Waals surface area contributed by atoms with E-state index in [2.05, 4.69) is 10.3 Å². The number of thiazole rings is 1. The molecule has 2 saturated heterocycles. The lowest BCUT2D eigenvalue weighted by molar-refractivity contribution is -0.135. The molecule has 0 radical (unpaired) electrons. The number of anilines is 1. The summed E-state index contributed by atoms with van der Waals surface area (Å²) < 4.78 is 6.16. The van der Waals surface area contributed by atoms with Crippen molar-refractivity contribution in [1.29, 1.82) is 0 Å².